The Morgan fingerprint density at radius 2 is 2.04 bits per heavy atom. The topological polar surface area (TPSA) is 56.0 Å². The van der Waals surface area contributed by atoms with Gasteiger partial charge in [-0.15, -0.1) is 0 Å². The maximum Gasteiger partial charge on any atom is 0.130 e. The summed E-state index contributed by atoms with van der Waals surface area (Å²) in [5.74, 6) is 0.991. The summed E-state index contributed by atoms with van der Waals surface area (Å²) in [6.07, 6.45) is 1.02. The van der Waals surface area contributed by atoms with Crippen LogP contribution in [0.1, 0.15) is 34.4 Å². The molecule has 26 heavy (non-hydrogen) atoms. The maximum atomic E-state index is 4.93. The normalized spacial score (nSPS) is 19.0. The van der Waals surface area contributed by atoms with E-state index in [1.54, 1.807) is 0 Å². The molecular weight excluding hydrogens is 390 g/mol. The molecule has 1 aromatic heterocycles. The molecule has 3 N–H and O–H groups in total. The predicted molar refractivity (Wildman–Crippen MR) is 106 cm³/mol. The van der Waals surface area contributed by atoms with Crippen LogP contribution in [0.5, 0.6) is 0 Å². The molecule has 0 bridgehead atoms. The van der Waals surface area contributed by atoms with E-state index in [4.69, 9.17) is 4.98 Å². The van der Waals surface area contributed by atoms with Gasteiger partial charge >= 0.3 is 0 Å². The minimum absolute atomic E-state index is 0.0614. The first kappa shape index (κ1) is 16.1. The Bertz CT molecular complexity index is 937. The number of hydrazine groups is 1. The molecular formula is C20H20BrN5. The molecule has 132 valence electrons. The number of nitrogens with zero attached hydrogens (tertiary/aromatic N) is 2. The fourth-order valence-electron chi connectivity index (χ4n) is 3.81. The SMILES string of the molecule is Brc1ccc2c(c1)NNC2c1nc2c([nH]1)CCN(Cc1ccccc1)C2. The Hall–Kier alpha value is -2.15. The average molecular weight is 410 g/mol. The molecule has 0 spiro atoms. The van der Waals surface area contributed by atoms with Crippen LogP contribution in [0.25, 0.3) is 0 Å². The first-order valence-electron chi connectivity index (χ1n) is 8.91. The third-order valence-electron chi connectivity index (χ3n) is 5.13. The van der Waals surface area contributed by atoms with Gasteiger partial charge in [0.2, 0.25) is 0 Å². The van der Waals surface area contributed by atoms with Gasteiger partial charge in [0, 0.05) is 41.8 Å². The summed E-state index contributed by atoms with van der Waals surface area (Å²) in [7, 11) is 0. The highest BCUT2D eigenvalue weighted by molar-refractivity contribution is 9.10. The molecule has 5 nitrogen and oxygen atoms in total. The van der Waals surface area contributed by atoms with E-state index in [0.717, 1.165) is 42.0 Å². The summed E-state index contributed by atoms with van der Waals surface area (Å²) < 4.78 is 1.07. The van der Waals surface area contributed by atoms with Gasteiger partial charge in [-0.25, -0.2) is 10.4 Å². The second-order valence-electron chi connectivity index (χ2n) is 6.93. The van der Waals surface area contributed by atoms with Crippen molar-refractivity contribution in [3.8, 4) is 0 Å². The molecule has 2 aliphatic rings. The summed E-state index contributed by atoms with van der Waals surface area (Å²) >= 11 is 3.52. The summed E-state index contributed by atoms with van der Waals surface area (Å²) in [6, 6.07) is 17.0. The number of halogens is 1. The third-order valence-corrected chi connectivity index (χ3v) is 5.63. The lowest BCUT2D eigenvalue weighted by atomic mass is 10.1. The predicted octanol–water partition coefficient (Wildman–Crippen LogP) is 3.75. The third kappa shape index (κ3) is 2.94. The highest BCUT2D eigenvalue weighted by Gasteiger charge is 2.28. The van der Waals surface area contributed by atoms with Crippen molar-refractivity contribution in [3.63, 3.8) is 0 Å². The molecule has 0 aliphatic carbocycles. The highest BCUT2D eigenvalue weighted by Crippen LogP contribution is 2.34. The number of nitrogens with one attached hydrogen (secondary N) is 3. The molecule has 5 rings (SSSR count). The van der Waals surface area contributed by atoms with Crippen LogP contribution < -0.4 is 10.9 Å². The van der Waals surface area contributed by atoms with Crippen molar-refractivity contribution in [2.45, 2.75) is 25.6 Å². The highest BCUT2D eigenvalue weighted by atomic mass is 79.9. The molecule has 1 atom stereocenters. The Morgan fingerprint density at radius 3 is 2.92 bits per heavy atom. The average Bonchev–Trinajstić information content (AvgIpc) is 3.25. The summed E-state index contributed by atoms with van der Waals surface area (Å²) in [5.41, 5.74) is 12.7. The smallest absolute Gasteiger partial charge is 0.130 e. The Morgan fingerprint density at radius 1 is 1.15 bits per heavy atom. The van der Waals surface area contributed by atoms with Gasteiger partial charge in [-0.3, -0.25) is 4.90 Å². The number of hydrogen-bond acceptors (Lipinski definition) is 4. The lowest BCUT2D eigenvalue weighted by Crippen LogP contribution is -2.30. The summed E-state index contributed by atoms with van der Waals surface area (Å²) in [4.78, 5) is 11.0. The van der Waals surface area contributed by atoms with Crippen molar-refractivity contribution >= 4 is 21.6 Å². The van der Waals surface area contributed by atoms with E-state index >= 15 is 0 Å². The molecule has 3 heterocycles. The molecule has 2 aromatic carbocycles. The van der Waals surface area contributed by atoms with Gasteiger partial charge < -0.3 is 10.4 Å². The monoisotopic (exact) mass is 409 g/mol. The summed E-state index contributed by atoms with van der Waals surface area (Å²) in [5, 5.41) is 0. The number of H-pyrrole nitrogens is 1. The number of fused-ring (bicyclic) bond motifs is 2. The molecule has 0 amide bonds. The Kier molecular flexibility index (Phi) is 4.04. The van der Waals surface area contributed by atoms with Crippen molar-refractivity contribution in [3.05, 3.63) is 81.3 Å². The second-order valence-corrected chi connectivity index (χ2v) is 7.84. The van der Waals surface area contributed by atoms with Crippen molar-refractivity contribution in [2.75, 3.05) is 12.0 Å². The van der Waals surface area contributed by atoms with Gasteiger partial charge in [0.05, 0.1) is 11.4 Å². The molecule has 2 aliphatic heterocycles. The number of benzene rings is 2. The van der Waals surface area contributed by atoms with Crippen LogP contribution >= 0.6 is 15.9 Å². The van der Waals surface area contributed by atoms with E-state index in [-0.39, 0.29) is 6.04 Å². The largest absolute Gasteiger partial charge is 0.344 e. The quantitative estimate of drug-likeness (QED) is 0.616. The number of rotatable bonds is 3. The maximum absolute atomic E-state index is 4.93. The van der Waals surface area contributed by atoms with E-state index in [9.17, 15) is 0 Å². The van der Waals surface area contributed by atoms with Crippen LogP contribution in [0.4, 0.5) is 5.69 Å². The Labute approximate surface area is 160 Å². The minimum atomic E-state index is 0.0614. The zero-order chi connectivity index (χ0) is 17.5. The number of aromatic amines is 1. The van der Waals surface area contributed by atoms with Gasteiger partial charge in [-0.05, 0) is 17.7 Å². The molecule has 3 aromatic rings. The number of hydrogen-bond donors (Lipinski definition) is 3. The first-order chi connectivity index (χ1) is 12.8. The van der Waals surface area contributed by atoms with Crippen LogP contribution in [0.3, 0.4) is 0 Å². The lowest BCUT2D eigenvalue weighted by Gasteiger charge is -2.25. The van der Waals surface area contributed by atoms with Crippen LogP contribution in [0, 0.1) is 0 Å². The minimum Gasteiger partial charge on any atom is -0.344 e. The van der Waals surface area contributed by atoms with E-state index in [0.29, 0.717) is 0 Å². The van der Waals surface area contributed by atoms with E-state index < -0.39 is 0 Å². The molecule has 0 saturated heterocycles. The van der Waals surface area contributed by atoms with Crippen LogP contribution in [0.2, 0.25) is 0 Å². The number of imidazole rings is 1. The van der Waals surface area contributed by atoms with Crippen molar-refractivity contribution in [1.82, 2.24) is 20.3 Å². The van der Waals surface area contributed by atoms with Gasteiger partial charge in [-0.1, -0.05) is 52.3 Å². The van der Waals surface area contributed by atoms with Crippen molar-refractivity contribution < 1.29 is 0 Å². The molecule has 6 heteroatoms. The number of aromatic nitrogens is 2. The van der Waals surface area contributed by atoms with Crippen LogP contribution in [-0.2, 0) is 19.5 Å². The molecule has 1 unspecified atom stereocenters. The fraction of sp³-hybridized carbons (Fsp3) is 0.250. The van der Waals surface area contributed by atoms with E-state index in [1.165, 1.54) is 22.5 Å². The molecule has 0 radical (unpaired) electrons. The zero-order valence-corrected chi connectivity index (χ0v) is 15.9. The first-order valence-corrected chi connectivity index (χ1v) is 9.70. The molecule has 0 fully saturated rings. The van der Waals surface area contributed by atoms with Crippen LogP contribution in [-0.4, -0.2) is 21.4 Å². The lowest BCUT2D eigenvalue weighted by molar-refractivity contribution is 0.241. The van der Waals surface area contributed by atoms with Crippen molar-refractivity contribution in [2.24, 2.45) is 0 Å². The van der Waals surface area contributed by atoms with Gasteiger partial charge in [0.15, 0.2) is 0 Å². The Balaban J connectivity index is 1.36. The zero-order valence-electron chi connectivity index (χ0n) is 14.3. The standard InChI is InChI=1S/C20H20BrN5/c21-14-6-7-15-17(10-14)24-25-19(15)20-22-16-8-9-26(12-18(16)23-20)11-13-4-2-1-3-5-13/h1-7,10,19,24-25H,8-9,11-12H2,(H,22,23). The van der Waals surface area contributed by atoms with Gasteiger partial charge in [0.1, 0.15) is 11.9 Å². The van der Waals surface area contributed by atoms with Crippen molar-refractivity contribution in [1.29, 1.82) is 0 Å². The number of anilines is 1. The van der Waals surface area contributed by atoms with E-state index in [1.807, 2.05) is 0 Å². The fourth-order valence-corrected chi connectivity index (χ4v) is 4.17. The van der Waals surface area contributed by atoms with Gasteiger partial charge in [-0.2, -0.15) is 0 Å². The van der Waals surface area contributed by atoms with Crippen LogP contribution in [0.15, 0.2) is 53.0 Å². The summed E-state index contributed by atoms with van der Waals surface area (Å²) in [6.45, 7) is 2.93. The molecule has 0 saturated carbocycles. The van der Waals surface area contributed by atoms with Gasteiger partial charge in [0.25, 0.3) is 0 Å². The van der Waals surface area contributed by atoms with E-state index in [2.05, 4.69) is 85.2 Å². The second kappa shape index (κ2) is 6.54.